The van der Waals surface area contributed by atoms with Gasteiger partial charge in [0, 0.05) is 17.7 Å². The number of furan rings is 1. The van der Waals surface area contributed by atoms with Crippen LogP contribution in [0, 0.1) is 6.92 Å². The summed E-state index contributed by atoms with van der Waals surface area (Å²) in [6.07, 6.45) is 0.498. The van der Waals surface area contributed by atoms with Gasteiger partial charge >= 0.3 is 0 Å². The second-order valence-electron chi connectivity index (χ2n) is 6.62. The Morgan fingerprint density at radius 2 is 1.78 bits per heavy atom. The van der Waals surface area contributed by atoms with Crippen molar-refractivity contribution in [3.8, 4) is 0 Å². The van der Waals surface area contributed by atoms with Crippen LogP contribution in [0.25, 0.3) is 0 Å². The van der Waals surface area contributed by atoms with Crippen LogP contribution in [0.4, 0.5) is 5.69 Å². The van der Waals surface area contributed by atoms with E-state index in [2.05, 4.69) is 5.32 Å². The van der Waals surface area contributed by atoms with E-state index in [1.807, 2.05) is 61.5 Å². The Bertz CT molecular complexity index is 978. The molecule has 0 saturated carbocycles. The van der Waals surface area contributed by atoms with Crippen molar-refractivity contribution >= 4 is 17.5 Å². The summed E-state index contributed by atoms with van der Waals surface area (Å²) in [6, 6.07) is 19.8. The first-order valence-electron chi connectivity index (χ1n) is 8.93. The van der Waals surface area contributed by atoms with Gasteiger partial charge in [-0.3, -0.25) is 14.5 Å². The van der Waals surface area contributed by atoms with Crippen molar-refractivity contribution in [3.05, 3.63) is 89.4 Å². The van der Waals surface area contributed by atoms with Gasteiger partial charge in [-0.25, -0.2) is 0 Å². The number of rotatable bonds is 4. The van der Waals surface area contributed by atoms with Gasteiger partial charge in [0.2, 0.25) is 5.91 Å². The lowest BCUT2D eigenvalue weighted by molar-refractivity contribution is -0.122. The summed E-state index contributed by atoms with van der Waals surface area (Å²) < 4.78 is 5.51. The third-order valence-electron chi connectivity index (χ3n) is 4.75. The molecular formula is C22H20N2O3. The molecule has 2 aromatic carbocycles. The lowest BCUT2D eigenvalue weighted by Crippen LogP contribution is -2.47. The Morgan fingerprint density at radius 1 is 1.04 bits per heavy atom. The SMILES string of the molecule is Cc1ccc(CNC(=O)C2Cc3ccccc3N2C(=O)c2ccccc2)o1. The smallest absolute Gasteiger partial charge is 0.259 e. The molecule has 1 atom stereocenters. The Hall–Kier alpha value is -3.34. The number of nitrogens with one attached hydrogen (secondary N) is 1. The zero-order chi connectivity index (χ0) is 18.8. The number of fused-ring (bicyclic) bond motifs is 1. The molecule has 0 saturated heterocycles. The minimum atomic E-state index is -0.578. The molecule has 2 amide bonds. The van der Waals surface area contributed by atoms with E-state index in [0.717, 1.165) is 17.0 Å². The molecule has 0 fully saturated rings. The number of para-hydroxylation sites is 1. The third kappa shape index (κ3) is 3.36. The van der Waals surface area contributed by atoms with E-state index in [4.69, 9.17) is 4.42 Å². The summed E-state index contributed by atoms with van der Waals surface area (Å²) in [7, 11) is 0. The maximum absolute atomic E-state index is 13.1. The standard InChI is InChI=1S/C22H20N2O3/c1-15-11-12-18(27-15)14-23-21(25)20-13-17-9-5-6-10-19(17)24(20)22(26)16-7-3-2-4-8-16/h2-12,20H,13-14H2,1H3,(H,23,25). The molecule has 0 spiro atoms. The number of hydrogen-bond donors (Lipinski definition) is 1. The summed E-state index contributed by atoms with van der Waals surface area (Å²) in [5.41, 5.74) is 2.35. The van der Waals surface area contributed by atoms with Gasteiger partial charge in [-0.2, -0.15) is 0 Å². The van der Waals surface area contributed by atoms with Gasteiger partial charge in [-0.05, 0) is 42.8 Å². The van der Waals surface area contributed by atoms with E-state index >= 15 is 0 Å². The molecule has 5 heteroatoms. The zero-order valence-electron chi connectivity index (χ0n) is 15.0. The lowest BCUT2D eigenvalue weighted by Gasteiger charge is -2.25. The molecule has 0 bridgehead atoms. The number of benzene rings is 2. The van der Waals surface area contributed by atoms with Gasteiger partial charge < -0.3 is 9.73 Å². The molecule has 1 aliphatic heterocycles. The maximum Gasteiger partial charge on any atom is 0.259 e. The van der Waals surface area contributed by atoms with Crippen LogP contribution in [0.2, 0.25) is 0 Å². The second kappa shape index (κ2) is 7.11. The largest absolute Gasteiger partial charge is 0.465 e. The normalized spacial score (nSPS) is 15.4. The highest BCUT2D eigenvalue weighted by molar-refractivity contribution is 6.11. The Balaban J connectivity index is 1.59. The predicted molar refractivity (Wildman–Crippen MR) is 102 cm³/mol. The van der Waals surface area contributed by atoms with Gasteiger partial charge in [-0.1, -0.05) is 36.4 Å². The van der Waals surface area contributed by atoms with Crippen LogP contribution < -0.4 is 10.2 Å². The van der Waals surface area contributed by atoms with Crippen molar-refractivity contribution in [3.63, 3.8) is 0 Å². The molecule has 1 unspecified atom stereocenters. The van der Waals surface area contributed by atoms with Gasteiger partial charge in [0.15, 0.2) is 0 Å². The van der Waals surface area contributed by atoms with Crippen molar-refractivity contribution in [1.29, 1.82) is 0 Å². The number of carbonyl (C=O) groups excluding carboxylic acids is 2. The van der Waals surface area contributed by atoms with Gasteiger partial charge in [0.25, 0.3) is 5.91 Å². The molecular weight excluding hydrogens is 340 g/mol. The number of aryl methyl sites for hydroxylation is 1. The van der Waals surface area contributed by atoms with E-state index in [0.29, 0.717) is 24.3 Å². The summed E-state index contributed by atoms with van der Waals surface area (Å²) in [5.74, 6) is 1.13. The first kappa shape index (κ1) is 17.1. The van der Waals surface area contributed by atoms with Crippen molar-refractivity contribution in [1.82, 2.24) is 5.32 Å². The Morgan fingerprint density at radius 3 is 2.52 bits per heavy atom. The van der Waals surface area contributed by atoms with Crippen LogP contribution in [0.15, 0.2) is 71.1 Å². The van der Waals surface area contributed by atoms with Crippen molar-refractivity contribution < 1.29 is 14.0 Å². The van der Waals surface area contributed by atoms with Crippen LogP contribution >= 0.6 is 0 Å². The summed E-state index contributed by atoms with van der Waals surface area (Å²) in [5, 5.41) is 2.90. The number of carbonyl (C=O) groups is 2. The van der Waals surface area contributed by atoms with E-state index in [-0.39, 0.29) is 11.8 Å². The van der Waals surface area contributed by atoms with E-state index in [1.165, 1.54) is 0 Å². The molecule has 1 N–H and O–H groups in total. The molecule has 2 heterocycles. The zero-order valence-corrected chi connectivity index (χ0v) is 15.0. The Labute approximate surface area is 157 Å². The third-order valence-corrected chi connectivity index (χ3v) is 4.75. The quantitative estimate of drug-likeness (QED) is 0.775. The van der Waals surface area contributed by atoms with Crippen LogP contribution in [0.1, 0.15) is 27.4 Å². The number of hydrogen-bond acceptors (Lipinski definition) is 3. The minimum Gasteiger partial charge on any atom is -0.465 e. The Kier molecular flexibility index (Phi) is 4.50. The fraction of sp³-hybridized carbons (Fsp3) is 0.182. The fourth-order valence-electron chi connectivity index (χ4n) is 3.44. The van der Waals surface area contributed by atoms with Crippen molar-refractivity contribution in [2.45, 2.75) is 25.9 Å². The number of nitrogens with zero attached hydrogens (tertiary/aromatic N) is 1. The molecule has 1 aliphatic rings. The first-order valence-corrected chi connectivity index (χ1v) is 8.93. The highest BCUT2D eigenvalue weighted by atomic mass is 16.3. The molecule has 136 valence electrons. The average molecular weight is 360 g/mol. The molecule has 4 rings (SSSR count). The molecule has 0 aliphatic carbocycles. The molecule has 3 aromatic rings. The highest BCUT2D eigenvalue weighted by Gasteiger charge is 2.38. The summed E-state index contributed by atoms with van der Waals surface area (Å²) in [6.45, 7) is 2.16. The molecule has 27 heavy (non-hydrogen) atoms. The van der Waals surface area contributed by atoms with Crippen molar-refractivity contribution in [2.75, 3.05) is 4.90 Å². The summed E-state index contributed by atoms with van der Waals surface area (Å²) in [4.78, 5) is 27.6. The van der Waals surface area contributed by atoms with E-state index in [1.54, 1.807) is 17.0 Å². The lowest BCUT2D eigenvalue weighted by atomic mass is 10.1. The summed E-state index contributed by atoms with van der Waals surface area (Å²) >= 11 is 0. The monoisotopic (exact) mass is 360 g/mol. The van der Waals surface area contributed by atoms with Gasteiger partial charge in [0.05, 0.1) is 6.54 Å². The topological polar surface area (TPSA) is 62.6 Å². The average Bonchev–Trinajstić information content (AvgIpc) is 3.29. The predicted octanol–water partition coefficient (Wildman–Crippen LogP) is 3.48. The van der Waals surface area contributed by atoms with Crippen LogP contribution in [-0.2, 0) is 17.8 Å². The van der Waals surface area contributed by atoms with E-state index in [9.17, 15) is 9.59 Å². The highest BCUT2D eigenvalue weighted by Crippen LogP contribution is 2.33. The second-order valence-corrected chi connectivity index (χ2v) is 6.62. The first-order chi connectivity index (χ1) is 13.1. The van der Waals surface area contributed by atoms with Crippen LogP contribution in [0.3, 0.4) is 0 Å². The van der Waals surface area contributed by atoms with Crippen LogP contribution in [-0.4, -0.2) is 17.9 Å². The maximum atomic E-state index is 13.1. The van der Waals surface area contributed by atoms with Gasteiger partial charge in [0.1, 0.15) is 17.6 Å². The van der Waals surface area contributed by atoms with E-state index < -0.39 is 6.04 Å². The van der Waals surface area contributed by atoms with Gasteiger partial charge in [-0.15, -0.1) is 0 Å². The number of amides is 2. The van der Waals surface area contributed by atoms with Crippen molar-refractivity contribution in [2.24, 2.45) is 0 Å². The van der Waals surface area contributed by atoms with Crippen LogP contribution in [0.5, 0.6) is 0 Å². The minimum absolute atomic E-state index is 0.172. The molecule has 5 nitrogen and oxygen atoms in total. The number of anilines is 1. The molecule has 1 aromatic heterocycles. The molecule has 0 radical (unpaired) electrons. The fourth-order valence-corrected chi connectivity index (χ4v) is 3.44.